The highest BCUT2D eigenvalue weighted by Gasteiger charge is 2.37. The van der Waals surface area contributed by atoms with E-state index in [2.05, 4.69) is 22.0 Å². The van der Waals surface area contributed by atoms with Crippen LogP contribution in [0.3, 0.4) is 0 Å². The van der Waals surface area contributed by atoms with Gasteiger partial charge in [-0.2, -0.15) is 13.2 Å². The first-order valence-corrected chi connectivity index (χ1v) is 11.2. The third kappa shape index (κ3) is 5.09. The largest absolute Gasteiger partial charge is 0.457 e. The van der Waals surface area contributed by atoms with Crippen LogP contribution in [-0.4, -0.2) is 23.8 Å². The Balaban J connectivity index is 1.83. The van der Waals surface area contributed by atoms with Crippen molar-refractivity contribution < 1.29 is 22.7 Å². The van der Waals surface area contributed by atoms with Crippen molar-refractivity contribution in [3.63, 3.8) is 0 Å². The molecule has 2 heterocycles. The van der Waals surface area contributed by atoms with Crippen LogP contribution in [0.25, 0.3) is 5.70 Å². The molecule has 3 aromatic rings. The number of halogens is 3. The Hall–Kier alpha value is -4.47. The maximum atomic E-state index is 13.8. The minimum atomic E-state index is -4.92. The van der Waals surface area contributed by atoms with Crippen LogP contribution in [0.15, 0.2) is 63.4 Å². The maximum Gasteiger partial charge on any atom is 0.432 e. The number of aliphatic imine (C=N–C) groups is 2. The lowest BCUT2D eigenvalue weighted by Crippen LogP contribution is -2.35. The number of aromatic nitrogens is 1. The average molecular weight is 509 g/mol. The van der Waals surface area contributed by atoms with Crippen molar-refractivity contribution in [1.29, 1.82) is 0 Å². The topological polar surface area (TPSA) is 95.9 Å². The molecule has 4 rings (SSSR count). The number of ether oxygens (including phenoxy) is 1. The highest BCUT2D eigenvalue weighted by atomic mass is 19.4. The number of nitrogens with zero attached hydrogens (tertiary/aromatic N) is 2. The Morgan fingerprint density at radius 3 is 2.16 bits per heavy atom. The summed E-state index contributed by atoms with van der Waals surface area (Å²) >= 11 is 0. The molecule has 0 saturated carbocycles. The number of rotatable bonds is 5. The van der Waals surface area contributed by atoms with E-state index in [1.807, 2.05) is 43.1 Å². The molecule has 0 radical (unpaired) electrons. The van der Waals surface area contributed by atoms with E-state index in [0.717, 1.165) is 23.4 Å². The van der Waals surface area contributed by atoms with Crippen molar-refractivity contribution in [3.8, 4) is 11.5 Å². The number of alkyl halides is 3. The molecule has 10 heteroatoms. The molecule has 0 unspecified atom stereocenters. The van der Waals surface area contributed by atoms with Gasteiger partial charge in [0, 0.05) is 22.9 Å². The van der Waals surface area contributed by atoms with E-state index >= 15 is 0 Å². The van der Waals surface area contributed by atoms with Gasteiger partial charge in [-0.05, 0) is 56.8 Å². The van der Waals surface area contributed by atoms with Gasteiger partial charge < -0.3 is 15.0 Å². The smallest absolute Gasteiger partial charge is 0.432 e. The minimum absolute atomic E-state index is 0.220. The van der Waals surface area contributed by atoms with E-state index in [-0.39, 0.29) is 5.70 Å². The Labute approximate surface area is 210 Å². The molecule has 0 atom stereocenters. The van der Waals surface area contributed by atoms with Crippen LogP contribution in [0, 0.1) is 13.8 Å². The number of amides is 1. The molecule has 1 aliphatic rings. The zero-order valence-corrected chi connectivity index (χ0v) is 20.2. The molecule has 1 amide bonds. The molecule has 190 valence electrons. The lowest BCUT2D eigenvalue weighted by atomic mass is 9.92. The number of carbonyl (C=O) groups is 1. The first-order valence-electron chi connectivity index (χ1n) is 11.2. The number of benzene rings is 2. The van der Waals surface area contributed by atoms with Gasteiger partial charge in [0.25, 0.3) is 11.5 Å². The van der Waals surface area contributed by atoms with Gasteiger partial charge in [-0.15, -0.1) is 0 Å². The number of hydrogen-bond acceptors (Lipinski definition) is 5. The zero-order valence-electron chi connectivity index (χ0n) is 20.2. The first-order chi connectivity index (χ1) is 17.5. The van der Waals surface area contributed by atoms with Gasteiger partial charge >= 0.3 is 6.18 Å². The predicted molar refractivity (Wildman–Crippen MR) is 135 cm³/mol. The lowest BCUT2D eigenvalue weighted by Gasteiger charge is -2.29. The average Bonchev–Trinajstić information content (AvgIpc) is 2.82. The van der Waals surface area contributed by atoms with Gasteiger partial charge in [-0.25, -0.2) is 0 Å². The van der Waals surface area contributed by atoms with Crippen LogP contribution in [0.1, 0.15) is 56.8 Å². The quantitative estimate of drug-likeness (QED) is 0.431. The molecule has 37 heavy (non-hydrogen) atoms. The Kier molecular flexibility index (Phi) is 6.84. The third-order valence-corrected chi connectivity index (χ3v) is 5.78. The highest BCUT2D eigenvalue weighted by Crippen LogP contribution is 2.43. The van der Waals surface area contributed by atoms with Crippen LogP contribution in [-0.2, 0) is 6.18 Å². The number of pyridine rings is 1. The first kappa shape index (κ1) is 25.6. The molecule has 0 fully saturated rings. The highest BCUT2D eigenvalue weighted by molar-refractivity contribution is 5.95. The second-order valence-electron chi connectivity index (χ2n) is 8.47. The number of aryl methyl sites for hydroxylation is 2. The van der Waals surface area contributed by atoms with Crippen molar-refractivity contribution in [2.24, 2.45) is 9.98 Å². The van der Waals surface area contributed by atoms with Crippen LogP contribution >= 0.6 is 0 Å². The van der Waals surface area contributed by atoms with Crippen LogP contribution in [0.2, 0.25) is 0 Å². The summed E-state index contributed by atoms with van der Waals surface area (Å²) in [5.41, 5.74) is -0.618. The van der Waals surface area contributed by atoms with Gasteiger partial charge in [-0.3, -0.25) is 19.6 Å². The van der Waals surface area contributed by atoms with Crippen molar-refractivity contribution in [3.05, 3.63) is 98.1 Å². The minimum Gasteiger partial charge on any atom is -0.457 e. The third-order valence-electron chi connectivity index (χ3n) is 5.78. The Morgan fingerprint density at radius 1 is 1.05 bits per heavy atom. The zero-order chi connectivity index (χ0) is 26.9. The van der Waals surface area contributed by atoms with Gasteiger partial charge in [-0.1, -0.05) is 24.3 Å². The van der Waals surface area contributed by atoms with Crippen molar-refractivity contribution in [2.75, 3.05) is 0 Å². The van der Waals surface area contributed by atoms with E-state index in [0.29, 0.717) is 22.6 Å². The number of H-pyrrole nitrogens is 1. The number of carbonyl (C=O) groups excluding carboxylic acids is 1. The van der Waals surface area contributed by atoms with Crippen molar-refractivity contribution in [1.82, 2.24) is 10.3 Å². The van der Waals surface area contributed by atoms with E-state index < -0.39 is 40.5 Å². The van der Waals surface area contributed by atoms with Gasteiger partial charge in [0.1, 0.15) is 22.8 Å². The maximum absolute atomic E-state index is 13.8. The fraction of sp³-hybridized carbons (Fsp3) is 0.185. The summed E-state index contributed by atoms with van der Waals surface area (Å²) in [6.45, 7) is 8.56. The summed E-state index contributed by atoms with van der Waals surface area (Å²) in [6.07, 6.45) is -2.64. The molecular formula is C27H23F3N4O3. The number of nitrogens with one attached hydrogen (secondary N) is 2. The summed E-state index contributed by atoms with van der Waals surface area (Å²) in [5.74, 6) is 0.197. The standard InChI is InChI=1S/C27H23F3N4O3/c1-5-32-20(13-31-4)18-12-19(26(36)34-24(18)27(28,29)30)25(35)33-23-16-8-6-14(2)10-21(16)37-22-11-15(3)7-9-17(22)23/h5-13,23H,4H2,1-3H3,(H,33,35)(H,34,36)/b20-13-,32-5-. The van der Waals surface area contributed by atoms with E-state index in [1.165, 1.54) is 13.1 Å². The second-order valence-corrected chi connectivity index (χ2v) is 8.47. The van der Waals surface area contributed by atoms with Crippen LogP contribution < -0.4 is 15.6 Å². The van der Waals surface area contributed by atoms with E-state index in [4.69, 9.17) is 4.74 Å². The number of aromatic amines is 1. The van der Waals surface area contributed by atoms with E-state index in [1.54, 1.807) is 12.1 Å². The second kappa shape index (κ2) is 9.88. The van der Waals surface area contributed by atoms with Crippen LogP contribution in [0.5, 0.6) is 11.5 Å². The van der Waals surface area contributed by atoms with Crippen molar-refractivity contribution >= 4 is 24.5 Å². The Morgan fingerprint density at radius 2 is 1.65 bits per heavy atom. The fourth-order valence-corrected chi connectivity index (χ4v) is 4.11. The molecule has 0 spiro atoms. The van der Waals surface area contributed by atoms with E-state index in [9.17, 15) is 22.8 Å². The molecule has 2 aromatic carbocycles. The monoisotopic (exact) mass is 508 g/mol. The fourth-order valence-electron chi connectivity index (χ4n) is 4.11. The molecule has 1 aromatic heterocycles. The molecule has 2 N–H and O–H groups in total. The summed E-state index contributed by atoms with van der Waals surface area (Å²) in [5, 5.41) is 2.80. The predicted octanol–water partition coefficient (Wildman–Crippen LogP) is 5.73. The number of hydrogen-bond donors (Lipinski definition) is 2. The summed E-state index contributed by atoms with van der Waals surface area (Å²) in [7, 11) is 0. The molecule has 0 saturated heterocycles. The normalized spacial score (nSPS) is 13.6. The molecule has 1 aliphatic heterocycles. The molecule has 0 aliphatic carbocycles. The van der Waals surface area contributed by atoms with Crippen molar-refractivity contribution in [2.45, 2.75) is 33.0 Å². The SMILES string of the molecule is C=N/C=C(\N=C/C)c1cc(C(=O)NC2c3ccc(C)cc3Oc3cc(C)ccc32)c(=O)[nH]c1C(F)(F)F. The summed E-state index contributed by atoms with van der Waals surface area (Å²) in [4.78, 5) is 35.3. The molecule has 7 nitrogen and oxygen atoms in total. The van der Waals surface area contributed by atoms with Gasteiger partial charge in [0.05, 0.1) is 17.9 Å². The number of fused-ring (bicyclic) bond motifs is 2. The molecule has 0 bridgehead atoms. The van der Waals surface area contributed by atoms with Crippen LogP contribution in [0.4, 0.5) is 13.2 Å². The lowest BCUT2D eigenvalue weighted by molar-refractivity contribution is -0.141. The van der Waals surface area contributed by atoms with Gasteiger partial charge in [0.15, 0.2) is 0 Å². The molecular weight excluding hydrogens is 485 g/mol. The van der Waals surface area contributed by atoms with Gasteiger partial charge in [0.2, 0.25) is 0 Å². The summed E-state index contributed by atoms with van der Waals surface area (Å²) in [6, 6.07) is 11.1. The summed E-state index contributed by atoms with van der Waals surface area (Å²) < 4.78 is 47.3. The Bertz CT molecular complexity index is 1470.